The van der Waals surface area contributed by atoms with Gasteiger partial charge >= 0.3 is 0 Å². The SMILES string of the molecule is CNCC(=O)N(C)Cc1cccc([N+](=O)[O-])c1. The van der Waals surface area contributed by atoms with Crippen LogP contribution in [0.1, 0.15) is 5.56 Å². The van der Waals surface area contributed by atoms with Crippen LogP contribution < -0.4 is 5.32 Å². The first-order valence-electron chi connectivity index (χ1n) is 5.16. The van der Waals surface area contributed by atoms with Crippen molar-refractivity contribution >= 4 is 11.6 Å². The molecule has 1 N–H and O–H groups in total. The largest absolute Gasteiger partial charge is 0.340 e. The van der Waals surface area contributed by atoms with E-state index < -0.39 is 4.92 Å². The molecule has 1 rings (SSSR count). The lowest BCUT2D eigenvalue weighted by Crippen LogP contribution is -2.33. The van der Waals surface area contributed by atoms with E-state index in [1.54, 1.807) is 26.2 Å². The maximum Gasteiger partial charge on any atom is 0.269 e. The number of benzene rings is 1. The molecule has 0 saturated heterocycles. The van der Waals surface area contributed by atoms with E-state index in [1.165, 1.54) is 17.0 Å². The van der Waals surface area contributed by atoms with Gasteiger partial charge in [-0.05, 0) is 12.6 Å². The average molecular weight is 237 g/mol. The Morgan fingerprint density at radius 2 is 2.24 bits per heavy atom. The Balaban J connectivity index is 2.71. The molecule has 1 amide bonds. The van der Waals surface area contributed by atoms with Gasteiger partial charge in [-0.1, -0.05) is 12.1 Å². The summed E-state index contributed by atoms with van der Waals surface area (Å²) in [7, 11) is 3.36. The van der Waals surface area contributed by atoms with Gasteiger partial charge in [-0.3, -0.25) is 14.9 Å². The van der Waals surface area contributed by atoms with Crippen LogP contribution in [0.25, 0.3) is 0 Å². The number of likely N-dealkylation sites (N-methyl/N-ethyl adjacent to an activating group) is 2. The molecule has 0 fully saturated rings. The van der Waals surface area contributed by atoms with Crippen LogP contribution in [0.4, 0.5) is 5.69 Å². The summed E-state index contributed by atoms with van der Waals surface area (Å²) in [5.41, 5.74) is 0.781. The minimum Gasteiger partial charge on any atom is -0.340 e. The third kappa shape index (κ3) is 3.84. The standard InChI is InChI=1S/C11H15N3O3/c1-12-7-11(15)13(2)8-9-4-3-5-10(6-9)14(16)17/h3-6,12H,7-8H2,1-2H3. The van der Waals surface area contributed by atoms with Gasteiger partial charge in [-0.2, -0.15) is 0 Å². The Bertz CT molecular complexity index is 420. The van der Waals surface area contributed by atoms with Crippen LogP contribution in [0.15, 0.2) is 24.3 Å². The first kappa shape index (κ1) is 13.1. The topological polar surface area (TPSA) is 75.5 Å². The summed E-state index contributed by atoms with van der Waals surface area (Å²) in [4.78, 5) is 23.2. The third-order valence-corrected chi connectivity index (χ3v) is 2.29. The van der Waals surface area contributed by atoms with Crippen molar-refractivity contribution < 1.29 is 9.72 Å². The number of nitrogens with zero attached hydrogens (tertiary/aromatic N) is 2. The number of rotatable bonds is 5. The number of non-ortho nitro benzene ring substituents is 1. The van der Waals surface area contributed by atoms with E-state index in [4.69, 9.17) is 0 Å². The predicted molar refractivity (Wildman–Crippen MR) is 63.5 cm³/mol. The second-order valence-electron chi connectivity index (χ2n) is 3.71. The van der Waals surface area contributed by atoms with Crippen molar-refractivity contribution in [3.05, 3.63) is 39.9 Å². The van der Waals surface area contributed by atoms with Crippen molar-refractivity contribution in [2.24, 2.45) is 0 Å². The smallest absolute Gasteiger partial charge is 0.269 e. The molecule has 0 aliphatic rings. The first-order chi connectivity index (χ1) is 8.04. The van der Waals surface area contributed by atoms with Crippen LogP contribution in [-0.2, 0) is 11.3 Å². The highest BCUT2D eigenvalue weighted by atomic mass is 16.6. The second kappa shape index (κ2) is 5.95. The molecular weight excluding hydrogens is 222 g/mol. The Kier molecular flexibility index (Phi) is 4.59. The van der Waals surface area contributed by atoms with Crippen molar-refractivity contribution in [3.63, 3.8) is 0 Å². The number of hydrogen-bond donors (Lipinski definition) is 1. The number of carbonyl (C=O) groups excluding carboxylic acids is 1. The second-order valence-corrected chi connectivity index (χ2v) is 3.71. The molecule has 6 heteroatoms. The Morgan fingerprint density at radius 3 is 2.82 bits per heavy atom. The highest BCUT2D eigenvalue weighted by molar-refractivity contribution is 5.77. The van der Waals surface area contributed by atoms with Gasteiger partial charge in [0.05, 0.1) is 11.5 Å². The van der Waals surface area contributed by atoms with Crippen LogP contribution >= 0.6 is 0 Å². The Labute approximate surface area is 99.4 Å². The molecule has 92 valence electrons. The summed E-state index contributed by atoms with van der Waals surface area (Å²) in [6.07, 6.45) is 0. The van der Waals surface area contributed by atoms with Crippen molar-refractivity contribution in [2.45, 2.75) is 6.54 Å². The summed E-state index contributed by atoms with van der Waals surface area (Å²) in [6.45, 7) is 0.619. The van der Waals surface area contributed by atoms with Crippen LogP contribution in [0.3, 0.4) is 0 Å². The monoisotopic (exact) mass is 237 g/mol. The van der Waals surface area contributed by atoms with Crippen molar-refractivity contribution in [1.82, 2.24) is 10.2 Å². The average Bonchev–Trinajstić information content (AvgIpc) is 2.29. The van der Waals surface area contributed by atoms with E-state index in [9.17, 15) is 14.9 Å². The number of nitrogens with one attached hydrogen (secondary N) is 1. The predicted octanol–water partition coefficient (Wildman–Crippen LogP) is 0.773. The van der Waals surface area contributed by atoms with Gasteiger partial charge in [0.2, 0.25) is 5.91 Å². The number of nitro benzene ring substituents is 1. The van der Waals surface area contributed by atoms with Crippen LogP contribution in [0.2, 0.25) is 0 Å². The fourth-order valence-electron chi connectivity index (χ4n) is 1.42. The molecule has 0 radical (unpaired) electrons. The lowest BCUT2D eigenvalue weighted by atomic mass is 10.2. The molecule has 0 aliphatic heterocycles. The van der Waals surface area contributed by atoms with E-state index >= 15 is 0 Å². The first-order valence-corrected chi connectivity index (χ1v) is 5.16. The zero-order valence-electron chi connectivity index (χ0n) is 9.84. The highest BCUT2D eigenvalue weighted by Crippen LogP contribution is 2.14. The third-order valence-electron chi connectivity index (χ3n) is 2.29. The zero-order chi connectivity index (χ0) is 12.8. The molecule has 1 aromatic rings. The van der Waals surface area contributed by atoms with E-state index in [0.29, 0.717) is 6.54 Å². The lowest BCUT2D eigenvalue weighted by molar-refractivity contribution is -0.384. The summed E-state index contributed by atoms with van der Waals surface area (Å²) in [5.74, 6) is -0.0565. The van der Waals surface area contributed by atoms with E-state index in [0.717, 1.165) is 5.56 Å². The molecule has 0 aromatic heterocycles. The zero-order valence-corrected chi connectivity index (χ0v) is 9.84. The van der Waals surface area contributed by atoms with Crippen molar-refractivity contribution in [2.75, 3.05) is 20.6 Å². The maximum atomic E-state index is 11.5. The van der Waals surface area contributed by atoms with Crippen LogP contribution in [0.5, 0.6) is 0 Å². The quantitative estimate of drug-likeness (QED) is 0.606. The fraction of sp³-hybridized carbons (Fsp3) is 0.364. The maximum absolute atomic E-state index is 11.5. The van der Waals surface area contributed by atoms with Crippen molar-refractivity contribution in [3.8, 4) is 0 Å². The van der Waals surface area contributed by atoms with Crippen molar-refractivity contribution in [1.29, 1.82) is 0 Å². The van der Waals surface area contributed by atoms with Gasteiger partial charge in [0.25, 0.3) is 5.69 Å². The number of amides is 1. The van der Waals surface area contributed by atoms with Gasteiger partial charge in [0, 0.05) is 25.7 Å². The number of nitro groups is 1. The van der Waals surface area contributed by atoms with Gasteiger partial charge in [-0.15, -0.1) is 0 Å². The molecule has 0 atom stereocenters. The molecule has 0 heterocycles. The summed E-state index contributed by atoms with van der Waals surface area (Å²) in [5, 5.41) is 13.4. The molecule has 0 bridgehead atoms. The highest BCUT2D eigenvalue weighted by Gasteiger charge is 2.10. The van der Waals surface area contributed by atoms with Gasteiger partial charge < -0.3 is 10.2 Å². The molecular formula is C11H15N3O3. The summed E-state index contributed by atoms with van der Waals surface area (Å²) in [6, 6.07) is 6.28. The van der Waals surface area contributed by atoms with E-state index in [2.05, 4.69) is 5.32 Å². The lowest BCUT2D eigenvalue weighted by Gasteiger charge is -2.16. The minimum atomic E-state index is -0.446. The molecule has 0 aliphatic carbocycles. The van der Waals surface area contributed by atoms with E-state index in [1.807, 2.05) is 0 Å². The minimum absolute atomic E-state index is 0.0389. The Morgan fingerprint density at radius 1 is 1.53 bits per heavy atom. The fourth-order valence-corrected chi connectivity index (χ4v) is 1.42. The van der Waals surface area contributed by atoms with Crippen LogP contribution in [-0.4, -0.2) is 36.4 Å². The number of carbonyl (C=O) groups is 1. The molecule has 0 unspecified atom stereocenters. The van der Waals surface area contributed by atoms with Gasteiger partial charge in [-0.25, -0.2) is 0 Å². The Hall–Kier alpha value is -1.95. The summed E-state index contributed by atoms with van der Waals surface area (Å²) < 4.78 is 0. The van der Waals surface area contributed by atoms with Crippen LogP contribution in [0, 0.1) is 10.1 Å². The molecule has 6 nitrogen and oxygen atoms in total. The normalized spacial score (nSPS) is 10.0. The molecule has 0 saturated carbocycles. The van der Waals surface area contributed by atoms with E-state index in [-0.39, 0.29) is 18.1 Å². The van der Waals surface area contributed by atoms with Gasteiger partial charge in [0.1, 0.15) is 0 Å². The molecule has 0 spiro atoms. The van der Waals surface area contributed by atoms with Gasteiger partial charge in [0.15, 0.2) is 0 Å². The molecule has 17 heavy (non-hydrogen) atoms. The summed E-state index contributed by atoms with van der Waals surface area (Å²) >= 11 is 0. The number of hydrogen-bond acceptors (Lipinski definition) is 4. The molecule has 1 aromatic carbocycles.